The van der Waals surface area contributed by atoms with E-state index in [1.807, 2.05) is 4.90 Å². The molecule has 1 radical (unpaired) electrons. The lowest BCUT2D eigenvalue weighted by Crippen LogP contribution is -2.47. The predicted molar refractivity (Wildman–Crippen MR) is 123 cm³/mol. The highest BCUT2D eigenvalue weighted by atomic mass is 19.1. The van der Waals surface area contributed by atoms with Crippen LogP contribution in [0.4, 0.5) is 10.1 Å². The molecule has 0 N–H and O–H groups in total. The molecule has 5 nitrogen and oxygen atoms in total. The summed E-state index contributed by atoms with van der Waals surface area (Å²) in [6.45, 7) is 2.11. The molecule has 3 heterocycles. The zero-order valence-corrected chi connectivity index (χ0v) is 19.0. The van der Waals surface area contributed by atoms with Crippen LogP contribution in [0.25, 0.3) is 0 Å². The number of aromatic nitrogens is 1. The van der Waals surface area contributed by atoms with Gasteiger partial charge in [-0.2, -0.15) is 0 Å². The molecule has 2 aliphatic heterocycles. The van der Waals surface area contributed by atoms with Gasteiger partial charge in [0.2, 0.25) is 5.69 Å². The third kappa shape index (κ3) is 3.69. The van der Waals surface area contributed by atoms with Crippen LogP contribution in [0.3, 0.4) is 0 Å². The molecule has 6 rings (SSSR count). The number of azo groups is 2. The Balaban J connectivity index is 1.27. The second-order valence-electron chi connectivity index (χ2n) is 9.68. The van der Waals surface area contributed by atoms with Gasteiger partial charge in [-0.05, 0) is 67.8 Å². The third-order valence-corrected chi connectivity index (χ3v) is 7.43. The van der Waals surface area contributed by atoms with E-state index in [1.54, 1.807) is 12.1 Å². The molecule has 2 atom stereocenters. The van der Waals surface area contributed by atoms with E-state index in [9.17, 15) is 9.18 Å². The monoisotopic (exact) mass is 444 g/mol. The largest absolute Gasteiger partial charge is 0.331 e. The average Bonchev–Trinajstić information content (AvgIpc) is 3.65. The average molecular weight is 445 g/mol. The Bertz CT molecular complexity index is 1130. The Morgan fingerprint density at radius 1 is 1.09 bits per heavy atom. The second kappa shape index (κ2) is 8.15. The Morgan fingerprint density at radius 3 is 2.61 bits per heavy atom. The van der Waals surface area contributed by atoms with Crippen LogP contribution in [-0.2, 0) is 0 Å². The van der Waals surface area contributed by atoms with Crippen molar-refractivity contribution >= 4 is 11.6 Å². The summed E-state index contributed by atoms with van der Waals surface area (Å²) < 4.78 is 15.7. The molecule has 1 aromatic carbocycles. The van der Waals surface area contributed by atoms with Gasteiger partial charge in [0.15, 0.2) is 0 Å². The van der Waals surface area contributed by atoms with Gasteiger partial charge >= 0.3 is 0 Å². The fraction of sp³-hybridized carbons (Fsp3) is 0.444. The third-order valence-electron chi connectivity index (χ3n) is 7.43. The van der Waals surface area contributed by atoms with Crippen molar-refractivity contribution in [1.29, 1.82) is 0 Å². The highest BCUT2D eigenvalue weighted by molar-refractivity contribution is 5.94. The summed E-state index contributed by atoms with van der Waals surface area (Å²) in [5.74, 6) is 0.720. The van der Waals surface area contributed by atoms with Crippen LogP contribution >= 0.6 is 0 Å². The summed E-state index contributed by atoms with van der Waals surface area (Å²) >= 11 is 0. The van der Waals surface area contributed by atoms with Crippen molar-refractivity contribution in [2.75, 3.05) is 6.54 Å². The van der Waals surface area contributed by atoms with Gasteiger partial charge in [0, 0.05) is 31.3 Å². The molecule has 0 spiro atoms. The fourth-order valence-corrected chi connectivity index (χ4v) is 5.49. The van der Waals surface area contributed by atoms with E-state index in [0.717, 1.165) is 49.4 Å². The van der Waals surface area contributed by atoms with Gasteiger partial charge in [0.05, 0.1) is 22.9 Å². The number of hydrogen-bond donors (Lipinski definition) is 0. The first-order chi connectivity index (χ1) is 16.1. The zero-order chi connectivity index (χ0) is 22.5. The molecule has 2 aliphatic carbocycles. The molecule has 2 fully saturated rings. The maximum Gasteiger partial charge on any atom is 0.291 e. The number of rotatable bonds is 4. The molecule has 1 unspecified atom stereocenters. The summed E-state index contributed by atoms with van der Waals surface area (Å²) in [5, 5.41) is 5.05. The number of carbonyl (C=O) groups excluding carboxylic acids is 1. The first-order valence-electron chi connectivity index (χ1n) is 12.2. The van der Waals surface area contributed by atoms with Crippen molar-refractivity contribution in [3.8, 4) is 0 Å². The molecular weight excluding hydrogens is 415 g/mol. The van der Waals surface area contributed by atoms with Gasteiger partial charge in [-0.15, -0.1) is 0 Å². The molecule has 169 valence electrons. The number of amides is 1. The van der Waals surface area contributed by atoms with Crippen LogP contribution in [0.15, 0.2) is 59.0 Å². The summed E-state index contributed by atoms with van der Waals surface area (Å²) in [6.07, 6.45) is 7.84. The minimum atomic E-state index is -1.14. The van der Waals surface area contributed by atoms with E-state index >= 15 is 0 Å². The summed E-state index contributed by atoms with van der Waals surface area (Å²) in [4.78, 5) is 19.6. The van der Waals surface area contributed by atoms with Crippen molar-refractivity contribution in [3.05, 3.63) is 76.7 Å². The molecule has 1 aromatic heterocycles. The maximum atomic E-state index is 13.5. The van der Waals surface area contributed by atoms with Crippen LogP contribution in [0.2, 0.25) is 0 Å². The Hall–Kier alpha value is -2.89. The van der Waals surface area contributed by atoms with Gasteiger partial charge in [0.25, 0.3) is 11.9 Å². The number of pyridine rings is 1. The van der Waals surface area contributed by atoms with Gasteiger partial charge in [-0.25, -0.2) is 4.39 Å². The standard InChI is InChI=1S/C27H29FN4O/c1-17(28)22-13-10-20(16-29-22)27(33)31-15-14-25-26-23(4-2-3-5-24(26)31)30-32(25)21-11-8-19(9-12-21)18-6-7-18/h8-13,16-18,24H,2-7,14-15H2,1H3/q+1/t17?,24-/m0/s1. The van der Waals surface area contributed by atoms with Crippen LogP contribution in [0, 0.1) is 6.04 Å². The number of likely N-dealkylation sites (tertiary alicyclic amines) is 1. The highest BCUT2D eigenvalue weighted by Crippen LogP contribution is 2.47. The van der Waals surface area contributed by atoms with Crippen LogP contribution in [0.1, 0.15) is 85.6 Å². The van der Waals surface area contributed by atoms with Gasteiger partial charge < -0.3 is 4.90 Å². The second-order valence-corrected chi connectivity index (χ2v) is 9.68. The summed E-state index contributed by atoms with van der Waals surface area (Å²) in [6, 6.07) is 13.5. The fourth-order valence-electron chi connectivity index (χ4n) is 5.49. The van der Waals surface area contributed by atoms with Gasteiger partial charge in [0.1, 0.15) is 11.9 Å². The van der Waals surface area contributed by atoms with Crippen LogP contribution in [0.5, 0.6) is 0 Å². The van der Waals surface area contributed by atoms with E-state index in [-0.39, 0.29) is 11.9 Å². The van der Waals surface area contributed by atoms with Crippen molar-refractivity contribution in [1.82, 2.24) is 9.88 Å². The molecular formula is C27H29FN4O+. The smallest absolute Gasteiger partial charge is 0.291 e. The Labute approximate surface area is 194 Å². The summed E-state index contributed by atoms with van der Waals surface area (Å²) in [7, 11) is 0. The first kappa shape index (κ1) is 20.7. The van der Waals surface area contributed by atoms with Crippen molar-refractivity contribution in [2.45, 2.75) is 70.0 Å². The number of nitrogens with zero attached hydrogens (tertiary/aromatic N) is 4. The molecule has 2 aromatic rings. The lowest BCUT2D eigenvalue weighted by atomic mass is 9.87. The molecule has 4 aliphatic rings. The Kier molecular flexibility index (Phi) is 5.11. The highest BCUT2D eigenvalue weighted by Gasteiger charge is 2.50. The van der Waals surface area contributed by atoms with E-state index in [4.69, 9.17) is 5.11 Å². The maximum absolute atomic E-state index is 13.5. The lowest BCUT2D eigenvalue weighted by molar-refractivity contribution is -0.487. The number of benzene rings is 1. The molecule has 1 amide bonds. The molecule has 6 heteroatoms. The SMILES string of the molecule is CC(F)c1ccc(C(=O)N2CC[C]3C4=C(CCCC[C@@H]42)N=[N+]3c2ccc(C3CC3)cc2)cn1. The topological polar surface area (TPSA) is 48.6 Å². The van der Waals surface area contributed by atoms with E-state index in [1.165, 1.54) is 43.1 Å². The van der Waals surface area contributed by atoms with Crippen LogP contribution in [-0.4, -0.2) is 33.1 Å². The Morgan fingerprint density at radius 2 is 1.91 bits per heavy atom. The van der Waals surface area contributed by atoms with Gasteiger partial charge in [-0.1, -0.05) is 23.3 Å². The molecule has 1 saturated heterocycles. The molecule has 33 heavy (non-hydrogen) atoms. The molecule has 0 bridgehead atoms. The summed E-state index contributed by atoms with van der Waals surface area (Å²) in [5.41, 5.74) is 5.81. The molecule has 1 saturated carbocycles. The van der Waals surface area contributed by atoms with Crippen molar-refractivity contribution in [2.24, 2.45) is 5.11 Å². The number of halogens is 1. The van der Waals surface area contributed by atoms with E-state index < -0.39 is 6.17 Å². The minimum absolute atomic E-state index is 0.0226. The number of alkyl halides is 1. The first-order valence-corrected chi connectivity index (χ1v) is 12.2. The van der Waals surface area contributed by atoms with E-state index in [2.05, 4.69) is 33.9 Å². The zero-order valence-electron chi connectivity index (χ0n) is 19.0. The number of carbonyl (C=O) groups is 1. The van der Waals surface area contributed by atoms with Crippen LogP contribution < -0.4 is 0 Å². The normalized spacial score (nSPS) is 23.8. The number of allylic oxidation sites excluding steroid dienone is 1. The predicted octanol–water partition coefficient (Wildman–Crippen LogP) is 6.37. The number of piperidine rings is 1. The van der Waals surface area contributed by atoms with E-state index in [0.29, 0.717) is 17.8 Å². The lowest BCUT2D eigenvalue weighted by Gasteiger charge is -2.37. The van der Waals surface area contributed by atoms with Crippen molar-refractivity contribution < 1.29 is 13.9 Å². The van der Waals surface area contributed by atoms with Crippen molar-refractivity contribution in [3.63, 3.8) is 0 Å². The quantitative estimate of drug-likeness (QED) is 0.514. The van der Waals surface area contributed by atoms with Gasteiger partial charge in [-0.3, -0.25) is 9.78 Å². The number of hydrogen-bond acceptors (Lipinski definition) is 3. The minimum Gasteiger partial charge on any atom is -0.331 e.